The number of hydrogen-bond donors (Lipinski definition) is 1. The largest absolute Gasteiger partial charge is 1.00 e. The van der Waals surface area contributed by atoms with Crippen LogP contribution >= 0.6 is 47.8 Å². The van der Waals surface area contributed by atoms with Gasteiger partial charge in [-0.15, -0.1) is 19.7 Å². The number of phenols is 1. The van der Waals surface area contributed by atoms with E-state index in [0.29, 0.717) is 27.4 Å². The molecule has 2 rings (SSSR count). The van der Waals surface area contributed by atoms with Crippen LogP contribution in [0.1, 0.15) is 13.9 Å². The molecule has 1 N–H and O–H groups in total. The van der Waals surface area contributed by atoms with Gasteiger partial charge >= 0.3 is 114 Å². The van der Waals surface area contributed by atoms with Gasteiger partial charge in [0.2, 0.25) is 5.75 Å². The number of carbonyl (C=O) groups is 1. The molecule has 0 amide bonds. The molecule has 2 aromatic carbocycles. The Bertz CT molecular complexity index is 1180. The molecule has 0 unspecified atom stereocenters. The van der Waals surface area contributed by atoms with E-state index in [4.69, 9.17) is 16.2 Å². The summed E-state index contributed by atoms with van der Waals surface area (Å²) in [7, 11) is -1.00. The third-order valence-electron chi connectivity index (χ3n) is 3.86. The van der Waals surface area contributed by atoms with Gasteiger partial charge in [-0.1, -0.05) is 78.7 Å². The summed E-state index contributed by atoms with van der Waals surface area (Å²) >= 11 is 9.50. The van der Waals surface area contributed by atoms with Crippen molar-refractivity contribution in [1.82, 2.24) is 0 Å². The minimum absolute atomic E-state index is 0. The molecular weight excluding hydrogens is 821 g/mol. The van der Waals surface area contributed by atoms with Crippen LogP contribution in [0.15, 0.2) is 83.8 Å². The normalized spacial score (nSPS) is 8.53. The minimum Gasteiger partial charge on any atom is -1.00 e. The monoisotopic (exact) mass is 849 g/mol. The van der Waals surface area contributed by atoms with Crippen LogP contribution in [0.2, 0.25) is 0 Å². The van der Waals surface area contributed by atoms with Gasteiger partial charge in [-0.25, -0.2) is 0 Å². The van der Waals surface area contributed by atoms with Crippen molar-refractivity contribution >= 4 is 65.6 Å². The van der Waals surface area contributed by atoms with Gasteiger partial charge in [0.05, 0.1) is 18.4 Å². The third-order valence-corrected chi connectivity index (χ3v) is 5.23. The first-order chi connectivity index (χ1) is 19.9. The molecular formula is C26H30Br3FK2N2O9. The second-order valence-corrected chi connectivity index (χ2v) is 9.06. The van der Waals surface area contributed by atoms with Crippen LogP contribution in [0.4, 0.5) is 15.8 Å². The van der Waals surface area contributed by atoms with Gasteiger partial charge in [0, 0.05) is 37.5 Å². The Hall–Kier alpha value is -0.127. The van der Waals surface area contributed by atoms with E-state index >= 15 is 0 Å². The number of rotatable bonds is 11. The summed E-state index contributed by atoms with van der Waals surface area (Å²) in [6.07, 6.45) is 7.49. The number of aromatic hydroxyl groups is 1. The van der Waals surface area contributed by atoms with Crippen molar-refractivity contribution < 1.29 is 145 Å². The molecule has 0 bridgehead atoms. The van der Waals surface area contributed by atoms with E-state index in [2.05, 4.69) is 79.0 Å². The molecule has 17 heteroatoms. The van der Waals surface area contributed by atoms with Gasteiger partial charge in [-0.05, 0) is 25.0 Å². The zero-order valence-corrected chi connectivity index (χ0v) is 34.7. The first kappa shape index (κ1) is 49.7. The zero-order valence-electron chi connectivity index (χ0n) is 25.7. The number of nitrogens with zero attached hydrogens (tertiary/aromatic N) is 2. The molecule has 11 nitrogen and oxygen atoms in total. The number of nitro benzene ring substituents is 2. The average molecular weight is 852 g/mol. The molecule has 228 valence electrons. The predicted molar refractivity (Wildman–Crippen MR) is 166 cm³/mol. The molecule has 0 radical (unpaired) electrons. The number of hydrogen-bond acceptors (Lipinski definition) is 9. The van der Waals surface area contributed by atoms with E-state index in [1.807, 2.05) is 0 Å². The number of benzene rings is 2. The van der Waals surface area contributed by atoms with Crippen LogP contribution in [-0.4, -0.2) is 40.5 Å². The quantitative estimate of drug-likeness (QED) is 0.0665. The van der Waals surface area contributed by atoms with Crippen molar-refractivity contribution in [3.8, 4) is 11.5 Å². The number of alkyl halides is 2. The van der Waals surface area contributed by atoms with Crippen LogP contribution in [0, 0.1) is 20.2 Å². The molecule has 0 heterocycles. The fraction of sp³-hybridized carbons (Fsp3) is 0.192. The molecule has 43 heavy (non-hydrogen) atoms. The summed E-state index contributed by atoms with van der Waals surface area (Å²) in [6, 6.07) is 6.10. The van der Waals surface area contributed by atoms with E-state index in [-0.39, 0.29) is 140 Å². The van der Waals surface area contributed by atoms with E-state index in [1.54, 1.807) is 36.4 Å². The molecule has 0 fully saturated rings. The van der Waals surface area contributed by atoms with Crippen LogP contribution in [0.25, 0.3) is 0 Å². The maximum atomic E-state index is 10.9. The Morgan fingerprint density at radius 2 is 1.35 bits per heavy atom. The smallest absolute Gasteiger partial charge is 1.00 e. The molecule has 0 saturated carbocycles. The Morgan fingerprint density at radius 1 is 0.953 bits per heavy atom. The Balaban J connectivity index is -0.000000122. The molecule has 0 saturated heterocycles. The molecule has 0 spiro atoms. The fourth-order valence-corrected chi connectivity index (χ4v) is 3.46. The summed E-state index contributed by atoms with van der Waals surface area (Å²) in [4.78, 5) is 31.6. The molecule has 0 aliphatic carbocycles. The maximum Gasteiger partial charge on any atom is 1.00 e. The van der Waals surface area contributed by atoms with Gasteiger partial charge in [0.15, 0.2) is 5.75 Å². The van der Waals surface area contributed by atoms with Crippen LogP contribution < -0.4 is 113 Å². The number of nitro groups is 2. The van der Waals surface area contributed by atoms with Gasteiger partial charge < -0.3 is 21.4 Å². The Kier molecular flexibility index (Phi) is 40.2. The van der Waals surface area contributed by atoms with Gasteiger partial charge in [0.1, 0.15) is 6.61 Å². The second-order valence-electron chi connectivity index (χ2n) is 6.58. The third kappa shape index (κ3) is 24.7. The van der Waals surface area contributed by atoms with E-state index in [1.165, 1.54) is 12.1 Å². The summed E-state index contributed by atoms with van der Waals surface area (Å²) < 4.78 is 22.1. The van der Waals surface area contributed by atoms with Crippen molar-refractivity contribution in [2.45, 2.75) is 12.8 Å². The zero-order chi connectivity index (χ0) is 33.1. The molecule has 0 atom stereocenters. The van der Waals surface area contributed by atoms with Gasteiger partial charge in [0.25, 0.3) is 6.47 Å². The number of carbonyl (C=O) groups excluding carboxylic acids is 1. The number of halogens is 4. The van der Waals surface area contributed by atoms with Gasteiger partial charge in [-0.2, -0.15) is 0 Å². The van der Waals surface area contributed by atoms with Gasteiger partial charge in [-0.3, -0.25) is 29.4 Å². The van der Waals surface area contributed by atoms with Crippen molar-refractivity contribution in [2.75, 3.05) is 19.1 Å². The van der Waals surface area contributed by atoms with E-state index in [9.17, 15) is 29.7 Å². The number of phenolic OH excluding ortho intramolecular Hbond substituents is 1. The maximum absolute atomic E-state index is 10.9. The van der Waals surface area contributed by atoms with Crippen molar-refractivity contribution in [3.63, 3.8) is 0 Å². The van der Waals surface area contributed by atoms with Crippen LogP contribution in [0.5, 0.6) is 11.5 Å². The van der Waals surface area contributed by atoms with E-state index < -0.39 is 17.0 Å². The summed E-state index contributed by atoms with van der Waals surface area (Å²) in [5.74, 6) is -0.0175. The molecule has 0 aliphatic rings. The van der Waals surface area contributed by atoms with Crippen LogP contribution in [0.3, 0.4) is 0 Å². The number of ether oxygens (including phenoxy) is 1. The topological polar surface area (TPSA) is 165 Å². The Morgan fingerprint density at radius 3 is 1.70 bits per heavy atom. The van der Waals surface area contributed by atoms with Crippen molar-refractivity contribution in [1.29, 1.82) is 0 Å². The second kappa shape index (κ2) is 34.7. The fourth-order valence-electron chi connectivity index (χ4n) is 2.48. The molecule has 0 aromatic heterocycles. The van der Waals surface area contributed by atoms with Crippen LogP contribution in [-0.2, 0) is 22.5 Å². The average Bonchev–Trinajstić information content (AvgIpc) is 2.95. The number of allylic oxidation sites excluding steroid dienone is 3. The molecule has 2 aromatic rings. The molecule has 0 aliphatic heterocycles. The first-order valence-electron chi connectivity index (χ1n) is 11.4. The van der Waals surface area contributed by atoms with Crippen molar-refractivity contribution in [2.24, 2.45) is 0 Å². The Labute approximate surface area is 363 Å². The SMILES string of the molecule is C=CCBr.C=CCOc1c(CC=C)cc(Br)cc1[N+](=O)[O-].C=CCc1cc(Br)cc([N+](=O)[O-])c1O.O=CO[O-].[2H]CF.[H-].[K+].[K+]. The standard InChI is InChI=1S/C12H12BrNO3.C9H8BrNO3.C3H5Br.CH3F.CH2O3.2K.H/c1-3-5-9-7-10(13)8-11(14(15)16)12(9)17-6-4-2;1-2-3-6-4-7(10)5-8(9(6)12)11(13)14;1-2-3-4;1-2;2-1-4-3;;;/h3-4,7-8H,1-2,5-6H2;2,4-5,12H,1,3H2;2H,1,3H2;1H3;1,3H;;;/q;;;;;2*+1;-1/p-1/i;;;1D;;;;. The minimum atomic E-state index is -1.00. The predicted octanol–water partition coefficient (Wildman–Crippen LogP) is 1.15. The summed E-state index contributed by atoms with van der Waals surface area (Å²) in [5.41, 5.74) is 0.860. The summed E-state index contributed by atoms with van der Waals surface area (Å²) in [6.45, 7) is 14.1. The first-order valence-corrected chi connectivity index (χ1v) is 13.4. The van der Waals surface area contributed by atoms with E-state index in [0.717, 1.165) is 10.9 Å². The summed E-state index contributed by atoms with van der Waals surface area (Å²) in [5, 5.41) is 40.3. The van der Waals surface area contributed by atoms with Crippen molar-refractivity contribution in [3.05, 3.63) is 115 Å².